The van der Waals surface area contributed by atoms with Crippen LogP contribution in [0.15, 0.2) is 46.6 Å². The van der Waals surface area contributed by atoms with E-state index < -0.39 is 0 Å². The predicted molar refractivity (Wildman–Crippen MR) is 99.4 cm³/mol. The van der Waals surface area contributed by atoms with Gasteiger partial charge >= 0.3 is 0 Å². The molecular formula is C18H17N5O3S. The summed E-state index contributed by atoms with van der Waals surface area (Å²) in [6, 6.07) is 9.25. The molecule has 0 aliphatic heterocycles. The van der Waals surface area contributed by atoms with Gasteiger partial charge in [0.25, 0.3) is 5.91 Å². The topological polar surface area (TPSA) is 106 Å². The van der Waals surface area contributed by atoms with Crippen molar-refractivity contribution in [2.45, 2.75) is 19.5 Å². The largest absolute Gasteiger partial charge is 0.395 e. The minimum Gasteiger partial charge on any atom is -0.395 e. The number of aliphatic hydroxyl groups is 1. The van der Waals surface area contributed by atoms with Crippen LogP contribution in [0, 0.1) is 0 Å². The Labute approximate surface area is 158 Å². The van der Waals surface area contributed by atoms with Gasteiger partial charge in [-0.2, -0.15) is 4.98 Å². The van der Waals surface area contributed by atoms with Gasteiger partial charge in [0.1, 0.15) is 0 Å². The van der Waals surface area contributed by atoms with Crippen molar-refractivity contribution in [2.75, 3.05) is 6.61 Å². The molecule has 3 aromatic heterocycles. The first kappa shape index (κ1) is 17.4. The monoisotopic (exact) mass is 383 g/mol. The predicted octanol–water partition coefficient (Wildman–Crippen LogP) is 1.99. The molecule has 0 fully saturated rings. The van der Waals surface area contributed by atoms with Crippen LogP contribution in [0.3, 0.4) is 0 Å². The van der Waals surface area contributed by atoms with Crippen molar-refractivity contribution in [1.82, 2.24) is 25.0 Å². The third-order valence-corrected chi connectivity index (χ3v) is 4.92. The summed E-state index contributed by atoms with van der Waals surface area (Å²) in [6.07, 6.45) is 2.24. The molecule has 0 bridgehead atoms. The van der Waals surface area contributed by atoms with E-state index in [1.807, 2.05) is 28.1 Å². The third kappa shape index (κ3) is 3.88. The normalized spacial score (nSPS) is 11.1. The minimum atomic E-state index is -0.238. The molecule has 138 valence electrons. The van der Waals surface area contributed by atoms with E-state index in [2.05, 4.69) is 20.4 Å². The highest BCUT2D eigenvalue weighted by Gasteiger charge is 2.12. The number of aromatic nitrogens is 4. The Morgan fingerprint density at radius 1 is 1.33 bits per heavy atom. The molecule has 0 aliphatic rings. The molecule has 3 heterocycles. The highest BCUT2D eigenvalue weighted by atomic mass is 32.1. The zero-order chi connectivity index (χ0) is 18.6. The molecule has 2 N–H and O–H groups in total. The second kappa shape index (κ2) is 7.68. The van der Waals surface area contributed by atoms with Crippen LogP contribution >= 0.6 is 11.3 Å². The average molecular weight is 383 g/mol. The van der Waals surface area contributed by atoms with Crippen LogP contribution in [-0.4, -0.2) is 37.3 Å². The maximum Gasteiger partial charge on any atom is 0.251 e. The minimum absolute atomic E-state index is 0.0346. The summed E-state index contributed by atoms with van der Waals surface area (Å²) in [5, 5.41) is 17.7. The average Bonchev–Trinajstić information content (AvgIpc) is 3.42. The number of nitrogens with zero attached hydrogens (tertiary/aromatic N) is 4. The lowest BCUT2D eigenvalue weighted by atomic mass is 10.2. The quantitative estimate of drug-likeness (QED) is 0.506. The number of benzene rings is 1. The van der Waals surface area contributed by atoms with Crippen molar-refractivity contribution in [3.63, 3.8) is 0 Å². The van der Waals surface area contributed by atoms with Crippen molar-refractivity contribution in [2.24, 2.45) is 0 Å². The molecule has 9 heteroatoms. The second-order valence-corrected chi connectivity index (χ2v) is 6.94. The van der Waals surface area contributed by atoms with Gasteiger partial charge in [-0.25, -0.2) is 4.98 Å². The maximum atomic E-state index is 12.4. The molecule has 0 atom stereocenters. The summed E-state index contributed by atoms with van der Waals surface area (Å²) < 4.78 is 7.06. The molecule has 1 amide bonds. The lowest BCUT2D eigenvalue weighted by molar-refractivity contribution is 0.0949. The fourth-order valence-electron chi connectivity index (χ4n) is 2.75. The molecule has 0 saturated heterocycles. The van der Waals surface area contributed by atoms with Crippen molar-refractivity contribution >= 4 is 28.3 Å². The number of carbonyl (C=O) groups is 1. The molecule has 0 aliphatic carbocycles. The number of imidazole rings is 1. The Morgan fingerprint density at radius 2 is 2.26 bits per heavy atom. The van der Waals surface area contributed by atoms with Crippen LogP contribution in [0.4, 0.5) is 0 Å². The van der Waals surface area contributed by atoms with Crippen LogP contribution < -0.4 is 5.32 Å². The smallest absolute Gasteiger partial charge is 0.251 e. The van der Waals surface area contributed by atoms with Gasteiger partial charge in [-0.05, 0) is 29.6 Å². The van der Waals surface area contributed by atoms with Gasteiger partial charge in [-0.15, -0.1) is 11.3 Å². The number of rotatable bonds is 7. The molecule has 0 unspecified atom stereocenters. The molecule has 0 spiro atoms. The summed E-state index contributed by atoms with van der Waals surface area (Å²) in [5.74, 6) is 0.721. The van der Waals surface area contributed by atoms with E-state index in [0.717, 1.165) is 10.4 Å². The number of nitrogens with one attached hydrogen (secondary N) is 1. The lowest BCUT2D eigenvalue weighted by Crippen LogP contribution is -2.23. The van der Waals surface area contributed by atoms with Gasteiger partial charge in [0, 0.05) is 17.0 Å². The number of hydrogen-bond donors (Lipinski definition) is 2. The van der Waals surface area contributed by atoms with E-state index in [4.69, 9.17) is 9.63 Å². The van der Waals surface area contributed by atoms with Gasteiger partial charge in [-0.1, -0.05) is 11.2 Å². The summed E-state index contributed by atoms with van der Waals surface area (Å²) in [4.78, 5) is 22.1. The van der Waals surface area contributed by atoms with Gasteiger partial charge in [-0.3, -0.25) is 4.79 Å². The Bertz CT molecular complexity index is 1050. The Morgan fingerprint density at radius 3 is 3.07 bits per heavy atom. The number of hydrogen-bond acceptors (Lipinski definition) is 7. The zero-order valence-electron chi connectivity index (χ0n) is 14.3. The molecule has 0 radical (unpaired) electrons. The lowest BCUT2D eigenvalue weighted by Gasteiger charge is -2.04. The number of fused-ring (bicyclic) bond motifs is 1. The van der Waals surface area contributed by atoms with Crippen molar-refractivity contribution in [3.8, 4) is 0 Å². The van der Waals surface area contributed by atoms with Gasteiger partial charge in [0.05, 0.1) is 36.9 Å². The molecule has 1 aromatic carbocycles. The second-order valence-electron chi connectivity index (χ2n) is 5.91. The van der Waals surface area contributed by atoms with Crippen LogP contribution in [-0.2, 0) is 19.5 Å². The third-order valence-electron chi connectivity index (χ3n) is 4.05. The molecule has 27 heavy (non-hydrogen) atoms. The first-order valence-corrected chi connectivity index (χ1v) is 9.28. The van der Waals surface area contributed by atoms with Gasteiger partial charge < -0.3 is 19.5 Å². The van der Waals surface area contributed by atoms with Crippen LogP contribution in [0.5, 0.6) is 0 Å². The Balaban J connectivity index is 1.39. The summed E-state index contributed by atoms with van der Waals surface area (Å²) >= 11 is 1.63. The highest BCUT2D eigenvalue weighted by molar-refractivity contribution is 7.09. The van der Waals surface area contributed by atoms with E-state index >= 15 is 0 Å². The molecular weight excluding hydrogens is 366 g/mol. The van der Waals surface area contributed by atoms with Crippen LogP contribution in [0.2, 0.25) is 0 Å². The molecule has 4 rings (SSSR count). The van der Waals surface area contributed by atoms with Crippen molar-refractivity contribution in [3.05, 3.63) is 64.2 Å². The van der Waals surface area contributed by atoms with Crippen molar-refractivity contribution < 1.29 is 14.4 Å². The van der Waals surface area contributed by atoms with E-state index in [1.165, 1.54) is 0 Å². The highest BCUT2D eigenvalue weighted by Crippen LogP contribution is 2.16. The summed E-state index contributed by atoms with van der Waals surface area (Å²) in [5.41, 5.74) is 2.07. The van der Waals surface area contributed by atoms with Crippen LogP contribution in [0.25, 0.3) is 11.0 Å². The van der Waals surface area contributed by atoms with Gasteiger partial charge in [0.2, 0.25) is 5.89 Å². The number of amides is 1. The number of aliphatic hydroxyl groups excluding tert-OH is 1. The van der Waals surface area contributed by atoms with E-state index in [0.29, 0.717) is 35.8 Å². The van der Waals surface area contributed by atoms with E-state index in [9.17, 15) is 4.79 Å². The first-order valence-electron chi connectivity index (χ1n) is 8.41. The fourth-order valence-corrected chi connectivity index (χ4v) is 3.44. The standard InChI is InChI=1S/C18H17N5O3S/c24-6-5-23-11-20-14-8-12(3-4-15(14)23)18(25)19-10-16-21-17(26-22-16)9-13-2-1-7-27-13/h1-4,7-8,11,24H,5-6,9-10H2,(H,19,25). The Hall–Kier alpha value is -3.04. The number of thiophene rings is 1. The Kier molecular flexibility index (Phi) is 4.95. The summed E-state index contributed by atoms with van der Waals surface area (Å²) in [7, 11) is 0. The van der Waals surface area contributed by atoms with E-state index in [1.54, 1.807) is 29.8 Å². The molecule has 0 saturated carbocycles. The summed E-state index contributed by atoms with van der Waals surface area (Å²) in [6.45, 7) is 0.685. The fraction of sp³-hybridized carbons (Fsp3) is 0.222. The maximum absolute atomic E-state index is 12.4. The van der Waals surface area contributed by atoms with Crippen LogP contribution in [0.1, 0.15) is 27.0 Å². The van der Waals surface area contributed by atoms with Gasteiger partial charge in [0.15, 0.2) is 5.82 Å². The first-order chi connectivity index (χ1) is 13.2. The van der Waals surface area contributed by atoms with Crippen molar-refractivity contribution in [1.29, 1.82) is 0 Å². The zero-order valence-corrected chi connectivity index (χ0v) is 15.1. The SMILES string of the molecule is O=C(NCc1noc(Cc2cccs2)n1)c1ccc2c(c1)ncn2CCO. The molecule has 4 aromatic rings. The van der Waals surface area contributed by atoms with E-state index in [-0.39, 0.29) is 19.1 Å². The number of carbonyl (C=O) groups excluding carboxylic acids is 1. The molecule has 8 nitrogen and oxygen atoms in total.